The van der Waals surface area contributed by atoms with Crippen molar-refractivity contribution in [3.63, 3.8) is 0 Å². The van der Waals surface area contributed by atoms with E-state index in [9.17, 15) is 9.90 Å². The van der Waals surface area contributed by atoms with Crippen molar-refractivity contribution in [2.45, 2.75) is 18.9 Å². The molecule has 2 aromatic rings. The number of rotatable bonds is 6. The van der Waals surface area contributed by atoms with Gasteiger partial charge >= 0.3 is 0 Å². The van der Waals surface area contributed by atoms with Crippen LogP contribution in [-0.4, -0.2) is 47.3 Å². The van der Waals surface area contributed by atoms with Gasteiger partial charge in [0.15, 0.2) is 0 Å². The Morgan fingerprint density at radius 2 is 2.08 bits per heavy atom. The summed E-state index contributed by atoms with van der Waals surface area (Å²) < 4.78 is 7.25. The largest absolute Gasteiger partial charge is 0.496 e. The molecule has 1 aliphatic rings. The summed E-state index contributed by atoms with van der Waals surface area (Å²) in [6, 6.07) is 7.17. The minimum atomic E-state index is -0.473. The molecule has 1 amide bonds. The predicted molar refractivity (Wildman–Crippen MR) is 93.0 cm³/mol. The number of benzene rings is 1. The Labute approximate surface area is 146 Å². The number of aliphatic hydroxyl groups excluding tert-OH is 1. The Morgan fingerprint density at radius 1 is 1.42 bits per heavy atom. The fraction of sp³-hybridized carbons (Fsp3) is 0.389. The smallest absolute Gasteiger partial charge is 0.257 e. The molecule has 6 heteroatoms. The zero-order chi connectivity index (χ0) is 17.3. The van der Waals surface area contributed by atoms with Crippen molar-refractivity contribution in [3.8, 4) is 11.4 Å². The topological polar surface area (TPSA) is 54.7 Å². The molecule has 1 aromatic heterocycles. The van der Waals surface area contributed by atoms with Crippen LogP contribution in [0.1, 0.15) is 23.2 Å². The number of amides is 1. The molecule has 1 N–H and O–H groups in total. The van der Waals surface area contributed by atoms with Crippen molar-refractivity contribution < 1.29 is 14.6 Å². The monoisotopic (exact) mass is 348 g/mol. The summed E-state index contributed by atoms with van der Waals surface area (Å²) in [4.78, 5) is 14.2. The van der Waals surface area contributed by atoms with E-state index in [1.54, 1.807) is 19.2 Å². The normalized spacial score (nSPS) is 15.2. The van der Waals surface area contributed by atoms with Gasteiger partial charge in [0, 0.05) is 32.1 Å². The maximum absolute atomic E-state index is 12.7. The van der Waals surface area contributed by atoms with E-state index in [-0.39, 0.29) is 5.91 Å². The fourth-order valence-corrected chi connectivity index (χ4v) is 3.03. The van der Waals surface area contributed by atoms with Gasteiger partial charge in [-0.05, 0) is 37.0 Å². The SMILES string of the molecule is COc1cc(-n2cccc2)c(Cl)cc1C(=O)N(C)CC(O)C1CC1. The number of hydrogen-bond acceptors (Lipinski definition) is 3. The van der Waals surface area contributed by atoms with Gasteiger partial charge in [-0.2, -0.15) is 0 Å². The van der Waals surface area contributed by atoms with Crippen molar-refractivity contribution in [3.05, 3.63) is 47.2 Å². The van der Waals surface area contributed by atoms with E-state index in [2.05, 4.69) is 0 Å². The Hall–Kier alpha value is -1.98. The molecule has 1 aromatic carbocycles. The van der Waals surface area contributed by atoms with E-state index >= 15 is 0 Å². The van der Waals surface area contributed by atoms with E-state index in [0.717, 1.165) is 18.5 Å². The molecule has 0 aliphatic heterocycles. The number of halogens is 1. The summed E-state index contributed by atoms with van der Waals surface area (Å²) >= 11 is 6.37. The molecule has 1 saturated carbocycles. The number of methoxy groups -OCH3 is 1. The van der Waals surface area contributed by atoms with Crippen molar-refractivity contribution >= 4 is 17.5 Å². The lowest BCUT2D eigenvalue weighted by molar-refractivity contribution is 0.0642. The quantitative estimate of drug-likeness (QED) is 0.873. The average molecular weight is 349 g/mol. The van der Waals surface area contributed by atoms with E-state index in [1.807, 2.05) is 29.1 Å². The number of ether oxygens (including phenoxy) is 1. The summed E-state index contributed by atoms with van der Waals surface area (Å²) in [7, 11) is 3.21. The maximum Gasteiger partial charge on any atom is 0.257 e. The van der Waals surface area contributed by atoms with Crippen LogP contribution in [-0.2, 0) is 0 Å². The van der Waals surface area contributed by atoms with Gasteiger partial charge in [-0.1, -0.05) is 11.6 Å². The number of hydrogen-bond donors (Lipinski definition) is 1. The Bertz CT molecular complexity index is 726. The van der Waals surface area contributed by atoms with Gasteiger partial charge in [0.05, 0.1) is 29.5 Å². The molecular formula is C18H21ClN2O3. The van der Waals surface area contributed by atoms with Gasteiger partial charge in [-0.15, -0.1) is 0 Å². The second-order valence-electron chi connectivity index (χ2n) is 6.18. The Balaban J connectivity index is 1.86. The van der Waals surface area contributed by atoms with Gasteiger partial charge in [0.2, 0.25) is 0 Å². The molecule has 1 aliphatic carbocycles. The standard InChI is InChI=1S/C18H21ClN2O3/c1-20(11-16(22)12-5-6-12)18(23)13-9-14(19)15(10-17(13)24-2)21-7-3-4-8-21/h3-4,7-10,12,16,22H,5-6,11H2,1-2H3. The van der Waals surface area contributed by atoms with Crippen LogP contribution in [0.15, 0.2) is 36.7 Å². The first kappa shape index (κ1) is 16.9. The number of likely N-dealkylation sites (N-methyl/N-ethyl adjacent to an activating group) is 1. The number of aromatic nitrogens is 1. The predicted octanol–water partition coefficient (Wildman–Crippen LogP) is 2.98. The van der Waals surface area contributed by atoms with Crippen LogP contribution in [0.25, 0.3) is 5.69 Å². The van der Waals surface area contributed by atoms with Gasteiger partial charge in [0.25, 0.3) is 5.91 Å². The fourth-order valence-electron chi connectivity index (χ4n) is 2.77. The number of carbonyl (C=O) groups excluding carboxylic acids is 1. The summed E-state index contributed by atoms with van der Waals surface area (Å²) in [6.07, 6.45) is 5.34. The van der Waals surface area contributed by atoms with Gasteiger partial charge in [-0.25, -0.2) is 0 Å². The molecule has 24 heavy (non-hydrogen) atoms. The lowest BCUT2D eigenvalue weighted by Gasteiger charge is -2.22. The highest BCUT2D eigenvalue weighted by Crippen LogP contribution is 2.34. The van der Waals surface area contributed by atoms with Crippen LogP contribution in [0.3, 0.4) is 0 Å². The molecule has 128 valence electrons. The first-order chi connectivity index (χ1) is 11.5. The number of nitrogens with zero attached hydrogens (tertiary/aromatic N) is 2. The van der Waals surface area contributed by atoms with Crippen LogP contribution in [0.2, 0.25) is 5.02 Å². The molecule has 1 fully saturated rings. The molecule has 0 bridgehead atoms. The second kappa shape index (κ2) is 6.87. The van der Waals surface area contributed by atoms with E-state index in [1.165, 1.54) is 12.0 Å². The van der Waals surface area contributed by atoms with E-state index in [4.69, 9.17) is 16.3 Å². The van der Waals surface area contributed by atoms with Crippen molar-refractivity contribution in [1.29, 1.82) is 0 Å². The second-order valence-corrected chi connectivity index (χ2v) is 6.59. The molecular weight excluding hydrogens is 328 g/mol. The van der Waals surface area contributed by atoms with Crippen LogP contribution in [0.4, 0.5) is 0 Å². The lowest BCUT2D eigenvalue weighted by atomic mass is 10.1. The first-order valence-electron chi connectivity index (χ1n) is 7.95. The molecule has 1 unspecified atom stereocenters. The Kier molecular flexibility index (Phi) is 4.83. The van der Waals surface area contributed by atoms with Crippen LogP contribution < -0.4 is 4.74 Å². The third-order valence-corrected chi connectivity index (χ3v) is 4.66. The average Bonchev–Trinajstić information content (AvgIpc) is 3.29. The third kappa shape index (κ3) is 3.42. The number of carbonyl (C=O) groups is 1. The van der Waals surface area contributed by atoms with Crippen molar-refractivity contribution in [1.82, 2.24) is 9.47 Å². The van der Waals surface area contributed by atoms with E-state index in [0.29, 0.717) is 28.8 Å². The highest BCUT2D eigenvalue weighted by Gasteiger charge is 2.31. The van der Waals surface area contributed by atoms with Crippen molar-refractivity contribution in [2.24, 2.45) is 5.92 Å². The molecule has 1 heterocycles. The zero-order valence-electron chi connectivity index (χ0n) is 13.8. The van der Waals surface area contributed by atoms with Gasteiger partial charge in [-0.3, -0.25) is 4.79 Å². The highest BCUT2D eigenvalue weighted by atomic mass is 35.5. The molecule has 1 atom stereocenters. The van der Waals surface area contributed by atoms with Crippen LogP contribution >= 0.6 is 11.6 Å². The van der Waals surface area contributed by atoms with E-state index < -0.39 is 6.10 Å². The molecule has 3 rings (SSSR count). The van der Waals surface area contributed by atoms with Gasteiger partial charge in [0.1, 0.15) is 5.75 Å². The summed E-state index contributed by atoms with van der Waals surface area (Å²) in [5.41, 5.74) is 1.14. The minimum absolute atomic E-state index is 0.215. The maximum atomic E-state index is 12.7. The molecule has 5 nitrogen and oxygen atoms in total. The number of aliphatic hydroxyl groups is 1. The minimum Gasteiger partial charge on any atom is -0.496 e. The summed E-state index contributed by atoms with van der Waals surface area (Å²) in [5.74, 6) is 0.565. The first-order valence-corrected chi connectivity index (χ1v) is 8.33. The molecule has 0 radical (unpaired) electrons. The third-order valence-electron chi connectivity index (χ3n) is 4.36. The van der Waals surface area contributed by atoms with Crippen molar-refractivity contribution in [2.75, 3.05) is 20.7 Å². The molecule has 0 saturated heterocycles. The summed E-state index contributed by atoms with van der Waals surface area (Å²) in [6.45, 7) is 0.309. The van der Waals surface area contributed by atoms with Crippen LogP contribution in [0.5, 0.6) is 5.75 Å². The Morgan fingerprint density at radius 3 is 2.67 bits per heavy atom. The highest BCUT2D eigenvalue weighted by molar-refractivity contribution is 6.33. The van der Waals surface area contributed by atoms with Gasteiger partial charge < -0.3 is 19.3 Å². The molecule has 0 spiro atoms. The zero-order valence-corrected chi connectivity index (χ0v) is 14.5. The summed E-state index contributed by atoms with van der Waals surface area (Å²) in [5, 5.41) is 10.5. The lowest BCUT2D eigenvalue weighted by Crippen LogP contribution is -2.35. The van der Waals surface area contributed by atoms with Crippen LogP contribution in [0, 0.1) is 5.92 Å².